The first-order valence-electron chi connectivity index (χ1n) is 7.00. The molecule has 1 aliphatic heterocycles. The second-order valence-electron chi connectivity index (χ2n) is 6.66. The zero-order valence-electron chi connectivity index (χ0n) is 11.4. The lowest BCUT2D eigenvalue weighted by Crippen LogP contribution is -2.39. The molecule has 3 nitrogen and oxygen atoms in total. The van der Waals surface area contributed by atoms with Crippen LogP contribution in [-0.4, -0.2) is 18.2 Å². The Balaban J connectivity index is 1.73. The van der Waals surface area contributed by atoms with E-state index in [1.807, 2.05) is 20.8 Å². The summed E-state index contributed by atoms with van der Waals surface area (Å²) >= 11 is 0. The van der Waals surface area contributed by atoms with Crippen LogP contribution in [0.5, 0.6) is 0 Å². The minimum atomic E-state index is -0.392. The van der Waals surface area contributed by atoms with E-state index in [2.05, 4.69) is 6.58 Å². The molecule has 0 aromatic carbocycles. The minimum absolute atomic E-state index is 0.0381. The van der Waals surface area contributed by atoms with Crippen molar-refractivity contribution in [1.29, 1.82) is 0 Å². The van der Waals surface area contributed by atoms with E-state index in [9.17, 15) is 4.79 Å². The number of allylic oxidation sites excluding steroid dienone is 1. The first kappa shape index (κ1) is 12.1. The van der Waals surface area contributed by atoms with E-state index in [1.165, 1.54) is 0 Å². The maximum Gasteiger partial charge on any atom is 0.311 e. The van der Waals surface area contributed by atoms with Gasteiger partial charge in [0.1, 0.15) is 12.2 Å². The zero-order valence-corrected chi connectivity index (χ0v) is 11.4. The number of carbonyl (C=O) groups is 1. The molecule has 100 valence electrons. The zero-order chi connectivity index (χ0) is 13.1. The quantitative estimate of drug-likeness (QED) is 0.722. The van der Waals surface area contributed by atoms with Gasteiger partial charge < -0.3 is 9.47 Å². The molecule has 0 aromatic rings. The monoisotopic (exact) mass is 250 g/mol. The lowest BCUT2D eigenvalue weighted by molar-refractivity contribution is -0.167. The fourth-order valence-electron chi connectivity index (χ4n) is 3.63. The van der Waals surface area contributed by atoms with Crippen molar-refractivity contribution in [2.75, 3.05) is 0 Å². The van der Waals surface area contributed by atoms with Crippen molar-refractivity contribution in [3.63, 3.8) is 0 Å². The van der Waals surface area contributed by atoms with Crippen molar-refractivity contribution in [2.45, 2.75) is 52.2 Å². The van der Waals surface area contributed by atoms with Gasteiger partial charge >= 0.3 is 5.97 Å². The molecule has 3 fully saturated rings. The predicted octanol–water partition coefficient (Wildman–Crippen LogP) is 2.90. The molecular formula is C15H22O3. The van der Waals surface area contributed by atoms with Crippen LogP contribution in [0.15, 0.2) is 12.3 Å². The molecule has 2 aliphatic carbocycles. The highest BCUT2D eigenvalue weighted by Gasteiger charge is 2.61. The van der Waals surface area contributed by atoms with Crippen molar-refractivity contribution in [3.8, 4) is 0 Å². The lowest BCUT2D eigenvalue weighted by atomic mass is 9.86. The molecule has 18 heavy (non-hydrogen) atoms. The summed E-state index contributed by atoms with van der Waals surface area (Å²) in [5.74, 6) is 2.39. The van der Waals surface area contributed by atoms with Crippen LogP contribution in [0.4, 0.5) is 0 Å². The van der Waals surface area contributed by atoms with Crippen LogP contribution in [0.2, 0.25) is 0 Å². The van der Waals surface area contributed by atoms with E-state index in [4.69, 9.17) is 9.47 Å². The molecule has 2 bridgehead atoms. The van der Waals surface area contributed by atoms with Gasteiger partial charge in [0.15, 0.2) is 0 Å². The highest BCUT2D eigenvalue weighted by Crippen LogP contribution is 2.58. The Morgan fingerprint density at radius 3 is 2.89 bits per heavy atom. The van der Waals surface area contributed by atoms with E-state index in [0.29, 0.717) is 17.8 Å². The summed E-state index contributed by atoms with van der Waals surface area (Å²) in [6.45, 7) is 9.90. The van der Waals surface area contributed by atoms with Crippen LogP contribution < -0.4 is 0 Å². The van der Waals surface area contributed by atoms with Gasteiger partial charge in [-0.1, -0.05) is 13.5 Å². The van der Waals surface area contributed by atoms with Gasteiger partial charge in [-0.05, 0) is 33.1 Å². The van der Waals surface area contributed by atoms with Crippen molar-refractivity contribution >= 4 is 5.97 Å². The smallest absolute Gasteiger partial charge is 0.311 e. The Labute approximate surface area is 109 Å². The van der Waals surface area contributed by atoms with E-state index in [1.54, 1.807) is 0 Å². The summed E-state index contributed by atoms with van der Waals surface area (Å²) in [6, 6.07) is 0. The Hall–Kier alpha value is -0.990. The number of hydrogen-bond acceptors (Lipinski definition) is 3. The van der Waals surface area contributed by atoms with E-state index in [-0.39, 0.29) is 18.2 Å². The minimum Gasteiger partial charge on any atom is -0.491 e. The molecule has 3 aliphatic rings. The molecule has 0 N–H and O–H groups in total. The number of rotatable bonds is 3. The molecule has 1 heterocycles. The molecule has 5 unspecified atom stereocenters. The average molecular weight is 250 g/mol. The Bertz CT molecular complexity index is 399. The van der Waals surface area contributed by atoms with Gasteiger partial charge in [0, 0.05) is 17.8 Å². The van der Waals surface area contributed by atoms with E-state index >= 15 is 0 Å². The predicted molar refractivity (Wildman–Crippen MR) is 67.7 cm³/mol. The summed E-state index contributed by atoms with van der Waals surface area (Å²) in [4.78, 5) is 12.2. The molecule has 1 saturated heterocycles. The first-order chi connectivity index (χ1) is 8.44. The van der Waals surface area contributed by atoms with Crippen molar-refractivity contribution in [3.05, 3.63) is 12.3 Å². The van der Waals surface area contributed by atoms with Gasteiger partial charge in [0.05, 0.1) is 11.2 Å². The van der Waals surface area contributed by atoms with Crippen molar-refractivity contribution in [2.24, 2.45) is 23.2 Å². The summed E-state index contributed by atoms with van der Waals surface area (Å²) in [6.07, 6.45) is 3.07. The summed E-state index contributed by atoms with van der Waals surface area (Å²) in [5.41, 5.74) is -0.392. The van der Waals surface area contributed by atoms with Crippen LogP contribution in [0.3, 0.4) is 0 Å². The highest BCUT2D eigenvalue weighted by molar-refractivity contribution is 5.76. The molecule has 0 aromatic heterocycles. The van der Waals surface area contributed by atoms with Gasteiger partial charge in [-0.2, -0.15) is 0 Å². The van der Waals surface area contributed by atoms with Crippen LogP contribution in [0.1, 0.15) is 40.0 Å². The average Bonchev–Trinajstić information content (AvgIpc) is 2.93. The summed E-state index contributed by atoms with van der Waals surface area (Å²) < 4.78 is 11.6. The van der Waals surface area contributed by atoms with Gasteiger partial charge in [0.2, 0.25) is 0 Å². The normalized spacial score (nSPS) is 41.1. The molecule has 0 amide bonds. The lowest BCUT2D eigenvalue weighted by Gasteiger charge is -2.29. The van der Waals surface area contributed by atoms with Crippen LogP contribution >= 0.6 is 0 Å². The maximum absolute atomic E-state index is 12.2. The third kappa shape index (κ3) is 1.52. The Kier molecular flexibility index (Phi) is 2.51. The largest absolute Gasteiger partial charge is 0.491 e. The third-order valence-electron chi connectivity index (χ3n) is 5.24. The molecule has 5 atom stereocenters. The SMILES string of the molecule is C=C1OC2C3CC(CC13)C2OC(=O)C(C)(C)CC. The first-order valence-corrected chi connectivity index (χ1v) is 7.00. The number of carbonyl (C=O) groups excluding carboxylic acids is 1. The second-order valence-corrected chi connectivity index (χ2v) is 6.66. The molecule has 3 rings (SSSR count). The third-order valence-corrected chi connectivity index (χ3v) is 5.24. The van der Waals surface area contributed by atoms with Crippen LogP contribution in [-0.2, 0) is 14.3 Å². The van der Waals surface area contributed by atoms with Gasteiger partial charge in [-0.25, -0.2) is 0 Å². The number of hydrogen-bond donors (Lipinski definition) is 0. The molecule has 0 radical (unpaired) electrons. The van der Waals surface area contributed by atoms with Crippen LogP contribution in [0, 0.1) is 23.2 Å². The number of esters is 1. The van der Waals surface area contributed by atoms with Crippen molar-refractivity contribution in [1.82, 2.24) is 0 Å². The number of ether oxygens (including phenoxy) is 2. The molecular weight excluding hydrogens is 228 g/mol. The molecule has 0 spiro atoms. The second kappa shape index (κ2) is 3.75. The fraction of sp³-hybridized carbons (Fsp3) is 0.800. The van der Waals surface area contributed by atoms with E-state index in [0.717, 1.165) is 25.0 Å². The molecule has 3 heteroatoms. The van der Waals surface area contributed by atoms with Gasteiger partial charge in [-0.15, -0.1) is 0 Å². The van der Waals surface area contributed by atoms with Crippen LogP contribution in [0.25, 0.3) is 0 Å². The fourth-order valence-corrected chi connectivity index (χ4v) is 3.63. The van der Waals surface area contributed by atoms with Gasteiger partial charge in [-0.3, -0.25) is 4.79 Å². The summed E-state index contributed by atoms with van der Waals surface area (Å²) in [7, 11) is 0. The Morgan fingerprint density at radius 2 is 2.22 bits per heavy atom. The maximum atomic E-state index is 12.2. The molecule has 2 saturated carbocycles. The van der Waals surface area contributed by atoms with Gasteiger partial charge in [0.25, 0.3) is 0 Å². The van der Waals surface area contributed by atoms with Crippen molar-refractivity contribution < 1.29 is 14.3 Å². The number of fused-ring (bicyclic) bond motifs is 1. The topological polar surface area (TPSA) is 35.5 Å². The summed E-state index contributed by atoms with van der Waals surface area (Å²) in [5, 5.41) is 0. The standard InChI is InChI=1S/C15H22O3/c1-5-15(3,4)14(16)18-12-9-6-10-8(2)17-13(12)11(10)7-9/h9-13H,2,5-7H2,1,3-4H3. The Morgan fingerprint density at radius 1 is 1.50 bits per heavy atom. The van der Waals surface area contributed by atoms with E-state index < -0.39 is 5.41 Å². The highest BCUT2D eigenvalue weighted by atomic mass is 16.6.